The molecule has 0 saturated heterocycles. The molecule has 6 nitrogen and oxygen atoms in total. The van der Waals surface area contributed by atoms with Gasteiger partial charge in [-0.1, -0.05) is 36.4 Å². The average molecular weight is 430 g/mol. The zero-order chi connectivity index (χ0) is 21.0. The van der Waals surface area contributed by atoms with Gasteiger partial charge in [0.05, 0.1) is 4.90 Å². The first-order valence-corrected chi connectivity index (χ1v) is 11.4. The number of rotatable bonds is 7. The number of aromatic nitrogens is 1. The summed E-state index contributed by atoms with van der Waals surface area (Å²) in [5.41, 5.74) is 1.43. The summed E-state index contributed by atoms with van der Waals surface area (Å²) in [6.07, 6.45) is 2.48. The lowest BCUT2D eigenvalue weighted by Gasteiger charge is -2.21. The molecule has 1 heterocycles. The SMILES string of the molecule is CC(C)N(C)S(=O)(=O)c1cccc(C(=O)Nc2ncc(Cc3ccccc3)s2)c1. The van der Waals surface area contributed by atoms with Crippen LogP contribution in [0.1, 0.15) is 34.6 Å². The molecule has 0 atom stereocenters. The van der Waals surface area contributed by atoms with Gasteiger partial charge in [0.15, 0.2) is 5.13 Å². The molecule has 0 bridgehead atoms. The van der Waals surface area contributed by atoms with E-state index in [1.807, 2.05) is 30.3 Å². The first-order chi connectivity index (χ1) is 13.8. The Morgan fingerprint density at radius 3 is 2.55 bits per heavy atom. The minimum absolute atomic E-state index is 0.0882. The van der Waals surface area contributed by atoms with Gasteiger partial charge in [-0.05, 0) is 37.6 Å². The lowest BCUT2D eigenvalue weighted by atomic mass is 10.1. The van der Waals surface area contributed by atoms with Crippen LogP contribution in [0.3, 0.4) is 0 Å². The van der Waals surface area contributed by atoms with Crippen LogP contribution < -0.4 is 5.32 Å². The zero-order valence-corrected chi connectivity index (χ0v) is 18.1. The van der Waals surface area contributed by atoms with Crippen molar-refractivity contribution in [3.05, 3.63) is 76.8 Å². The molecule has 3 rings (SSSR count). The summed E-state index contributed by atoms with van der Waals surface area (Å²) in [6.45, 7) is 3.59. The fourth-order valence-electron chi connectivity index (χ4n) is 2.65. The molecular weight excluding hydrogens is 406 g/mol. The van der Waals surface area contributed by atoms with Crippen molar-refractivity contribution in [2.75, 3.05) is 12.4 Å². The molecule has 8 heteroatoms. The van der Waals surface area contributed by atoms with E-state index in [-0.39, 0.29) is 16.5 Å². The van der Waals surface area contributed by atoms with Gasteiger partial charge in [0.25, 0.3) is 5.91 Å². The second-order valence-electron chi connectivity index (χ2n) is 6.89. The minimum Gasteiger partial charge on any atom is -0.298 e. The second kappa shape index (κ2) is 8.86. The number of nitrogens with one attached hydrogen (secondary N) is 1. The van der Waals surface area contributed by atoms with Gasteiger partial charge < -0.3 is 0 Å². The summed E-state index contributed by atoms with van der Waals surface area (Å²) in [5.74, 6) is -0.394. The molecular formula is C21H23N3O3S2. The topological polar surface area (TPSA) is 79.4 Å². The average Bonchev–Trinajstić information content (AvgIpc) is 3.14. The molecule has 0 aliphatic heterocycles. The van der Waals surface area contributed by atoms with Crippen LogP contribution >= 0.6 is 11.3 Å². The highest BCUT2D eigenvalue weighted by Crippen LogP contribution is 2.23. The Morgan fingerprint density at radius 2 is 1.86 bits per heavy atom. The van der Waals surface area contributed by atoms with Crippen LogP contribution in [0.4, 0.5) is 5.13 Å². The van der Waals surface area contributed by atoms with Crippen LogP contribution in [0.15, 0.2) is 65.7 Å². The fraction of sp³-hybridized carbons (Fsp3) is 0.238. The van der Waals surface area contributed by atoms with Crippen molar-refractivity contribution in [1.82, 2.24) is 9.29 Å². The highest BCUT2D eigenvalue weighted by molar-refractivity contribution is 7.89. The fourth-order valence-corrected chi connectivity index (χ4v) is 4.91. The van der Waals surface area contributed by atoms with Crippen molar-refractivity contribution in [3.8, 4) is 0 Å². The Labute approximate surface area is 175 Å². The Morgan fingerprint density at radius 1 is 1.14 bits per heavy atom. The van der Waals surface area contributed by atoms with Gasteiger partial charge in [0, 0.05) is 36.1 Å². The normalized spacial score (nSPS) is 11.8. The third kappa shape index (κ3) is 5.09. The van der Waals surface area contributed by atoms with Gasteiger partial charge >= 0.3 is 0 Å². The van der Waals surface area contributed by atoms with Gasteiger partial charge in [-0.25, -0.2) is 13.4 Å². The van der Waals surface area contributed by atoms with Crippen LogP contribution in [0.2, 0.25) is 0 Å². The Hall–Kier alpha value is -2.55. The highest BCUT2D eigenvalue weighted by atomic mass is 32.2. The maximum atomic E-state index is 12.7. The Bertz CT molecular complexity index is 1090. The molecule has 1 aromatic heterocycles. The number of amides is 1. The van der Waals surface area contributed by atoms with E-state index < -0.39 is 15.9 Å². The molecule has 0 radical (unpaired) electrons. The molecule has 1 N–H and O–H groups in total. The number of thiazole rings is 1. The third-order valence-corrected chi connectivity index (χ3v) is 7.44. The highest BCUT2D eigenvalue weighted by Gasteiger charge is 2.24. The minimum atomic E-state index is -3.66. The number of anilines is 1. The van der Waals surface area contributed by atoms with Crippen LogP contribution in [0, 0.1) is 0 Å². The van der Waals surface area contributed by atoms with Crippen molar-refractivity contribution < 1.29 is 13.2 Å². The van der Waals surface area contributed by atoms with Gasteiger partial charge in [-0.15, -0.1) is 11.3 Å². The molecule has 3 aromatic rings. The lowest BCUT2D eigenvalue weighted by Crippen LogP contribution is -2.33. The van der Waals surface area contributed by atoms with E-state index in [0.29, 0.717) is 5.13 Å². The summed E-state index contributed by atoms with van der Waals surface area (Å²) in [5, 5.41) is 3.24. The molecule has 152 valence electrons. The van der Waals surface area contributed by atoms with Crippen LogP contribution in [-0.4, -0.2) is 36.7 Å². The van der Waals surface area contributed by atoms with Crippen LogP contribution in [0.25, 0.3) is 0 Å². The number of hydrogen-bond donors (Lipinski definition) is 1. The summed E-state index contributed by atoms with van der Waals surface area (Å²) < 4.78 is 26.6. The molecule has 0 spiro atoms. The number of nitrogens with zero attached hydrogens (tertiary/aromatic N) is 2. The Kier molecular flexibility index (Phi) is 6.46. The predicted octanol–water partition coefficient (Wildman–Crippen LogP) is 4.02. The zero-order valence-electron chi connectivity index (χ0n) is 16.5. The molecule has 0 saturated carbocycles. The number of carbonyl (C=O) groups excluding carboxylic acids is 1. The van der Waals surface area contributed by atoms with Gasteiger partial charge in [0.1, 0.15) is 0 Å². The monoisotopic (exact) mass is 429 g/mol. The third-order valence-electron chi connectivity index (χ3n) is 4.50. The van der Waals surface area contributed by atoms with E-state index in [0.717, 1.165) is 11.3 Å². The quantitative estimate of drug-likeness (QED) is 0.615. The first-order valence-electron chi connectivity index (χ1n) is 9.15. The van der Waals surface area contributed by atoms with Crippen molar-refractivity contribution in [3.63, 3.8) is 0 Å². The molecule has 0 aliphatic carbocycles. The summed E-state index contributed by atoms with van der Waals surface area (Å²) in [4.78, 5) is 18.0. The maximum Gasteiger partial charge on any atom is 0.257 e. The van der Waals surface area contributed by atoms with E-state index in [9.17, 15) is 13.2 Å². The first kappa shape index (κ1) is 21.2. The molecule has 0 fully saturated rings. The number of sulfonamides is 1. The van der Waals surface area contributed by atoms with Gasteiger partial charge in [0.2, 0.25) is 10.0 Å². The van der Waals surface area contributed by atoms with Crippen molar-refractivity contribution >= 4 is 32.4 Å². The van der Waals surface area contributed by atoms with Crippen molar-refractivity contribution in [1.29, 1.82) is 0 Å². The van der Waals surface area contributed by atoms with E-state index in [2.05, 4.69) is 10.3 Å². The number of hydrogen-bond acceptors (Lipinski definition) is 5. The predicted molar refractivity (Wildman–Crippen MR) is 116 cm³/mol. The van der Waals surface area contributed by atoms with Gasteiger partial charge in [-0.3, -0.25) is 10.1 Å². The molecule has 1 amide bonds. The standard InChI is InChI=1S/C21H23N3O3S2/c1-15(2)24(3)29(26,27)19-11-7-10-17(13-19)20(25)23-21-22-14-18(28-21)12-16-8-5-4-6-9-16/h4-11,13-15H,12H2,1-3H3,(H,22,23,25). The molecule has 29 heavy (non-hydrogen) atoms. The smallest absolute Gasteiger partial charge is 0.257 e. The van der Waals surface area contributed by atoms with E-state index in [1.165, 1.54) is 40.4 Å². The van der Waals surface area contributed by atoms with E-state index in [1.54, 1.807) is 32.2 Å². The van der Waals surface area contributed by atoms with E-state index >= 15 is 0 Å². The Balaban J connectivity index is 1.73. The van der Waals surface area contributed by atoms with Crippen molar-refractivity contribution in [2.45, 2.75) is 31.2 Å². The number of benzene rings is 2. The molecule has 0 aliphatic rings. The van der Waals surface area contributed by atoms with Crippen molar-refractivity contribution in [2.24, 2.45) is 0 Å². The largest absolute Gasteiger partial charge is 0.298 e. The van der Waals surface area contributed by atoms with Crippen LogP contribution in [-0.2, 0) is 16.4 Å². The van der Waals surface area contributed by atoms with E-state index in [4.69, 9.17) is 0 Å². The lowest BCUT2D eigenvalue weighted by molar-refractivity contribution is 0.102. The molecule has 0 unspecified atom stereocenters. The van der Waals surface area contributed by atoms with Gasteiger partial charge in [-0.2, -0.15) is 4.31 Å². The van der Waals surface area contributed by atoms with Crippen LogP contribution in [0.5, 0.6) is 0 Å². The summed E-state index contributed by atoms with van der Waals surface area (Å²) in [6, 6.07) is 15.9. The second-order valence-corrected chi connectivity index (χ2v) is 10.0. The molecule has 2 aromatic carbocycles. The summed E-state index contributed by atoms with van der Waals surface area (Å²) in [7, 11) is -2.13. The number of carbonyl (C=O) groups is 1. The summed E-state index contributed by atoms with van der Waals surface area (Å²) >= 11 is 1.40. The maximum absolute atomic E-state index is 12.7.